The summed E-state index contributed by atoms with van der Waals surface area (Å²) >= 11 is 0. The molecule has 1 heterocycles. The Balaban J connectivity index is 2.85. The maximum atomic E-state index is 10.7. The number of amides is 1. The Kier molecular flexibility index (Phi) is 2.15. The number of hydrogen-bond acceptors (Lipinski definition) is 2. The molecule has 0 bridgehead atoms. The lowest BCUT2D eigenvalue weighted by Crippen LogP contribution is -2.09. The van der Waals surface area contributed by atoms with Crippen LogP contribution in [0.4, 0.5) is 5.82 Å². The second-order valence-corrected chi connectivity index (χ2v) is 2.42. The molecule has 0 atom stereocenters. The number of nitrogens with zero attached hydrogens (tertiary/aromatic N) is 1. The molecule has 4 nitrogen and oxygen atoms in total. The van der Waals surface area contributed by atoms with Crippen molar-refractivity contribution in [3.8, 4) is 12.3 Å². The van der Waals surface area contributed by atoms with Gasteiger partial charge in [-0.2, -0.15) is 5.10 Å². The number of rotatable bonds is 1. The SMILES string of the molecule is C#CC(=O)Nc1n[nH]c(C)c1C. The zero-order valence-electron chi connectivity index (χ0n) is 6.93. The van der Waals surface area contributed by atoms with Gasteiger partial charge in [0.15, 0.2) is 5.82 Å². The van der Waals surface area contributed by atoms with Crippen LogP contribution in [0.1, 0.15) is 11.3 Å². The minimum absolute atomic E-state index is 0.482. The van der Waals surface area contributed by atoms with E-state index < -0.39 is 5.91 Å². The molecule has 62 valence electrons. The molecule has 0 aromatic carbocycles. The first kappa shape index (κ1) is 8.34. The van der Waals surface area contributed by atoms with Crippen molar-refractivity contribution in [2.45, 2.75) is 13.8 Å². The van der Waals surface area contributed by atoms with Gasteiger partial charge in [-0.25, -0.2) is 0 Å². The molecule has 2 N–H and O–H groups in total. The third-order valence-corrected chi connectivity index (χ3v) is 1.62. The highest BCUT2D eigenvalue weighted by Crippen LogP contribution is 2.12. The largest absolute Gasteiger partial charge is 0.301 e. The average Bonchev–Trinajstić information content (AvgIpc) is 2.36. The molecule has 0 fully saturated rings. The van der Waals surface area contributed by atoms with Gasteiger partial charge in [0.05, 0.1) is 0 Å². The molecule has 1 aromatic heterocycles. The number of aromatic nitrogens is 2. The molecule has 0 radical (unpaired) electrons. The van der Waals surface area contributed by atoms with Crippen LogP contribution in [0.3, 0.4) is 0 Å². The highest BCUT2D eigenvalue weighted by atomic mass is 16.1. The van der Waals surface area contributed by atoms with Gasteiger partial charge in [0.1, 0.15) is 0 Å². The Labute approximate surface area is 70.4 Å². The smallest absolute Gasteiger partial charge is 0.298 e. The van der Waals surface area contributed by atoms with Gasteiger partial charge in [-0.3, -0.25) is 15.2 Å². The number of anilines is 1. The minimum Gasteiger partial charge on any atom is -0.298 e. The summed E-state index contributed by atoms with van der Waals surface area (Å²) in [5.41, 5.74) is 1.82. The fraction of sp³-hybridized carbons (Fsp3) is 0.250. The summed E-state index contributed by atoms with van der Waals surface area (Å²) in [4.78, 5) is 10.7. The minimum atomic E-state index is -0.482. The van der Waals surface area contributed by atoms with E-state index in [0.29, 0.717) is 5.82 Å². The summed E-state index contributed by atoms with van der Waals surface area (Å²) in [6, 6.07) is 0. The first-order chi connectivity index (χ1) is 5.65. The molecule has 4 heteroatoms. The number of aromatic amines is 1. The van der Waals surface area contributed by atoms with E-state index in [4.69, 9.17) is 6.42 Å². The molecule has 0 unspecified atom stereocenters. The normalized spacial score (nSPS) is 9.08. The molecule has 0 spiro atoms. The maximum absolute atomic E-state index is 10.7. The van der Waals surface area contributed by atoms with E-state index in [0.717, 1.165) is 11.3 Å². The Morgan fingerprint density at radius 2 is 2.33 bits per heavy atom. The molecule has 0 aliphatic heterocycles. The number of terminal acetylenes is 1. The summed E-state index contributed by atoms with van der Waals surface area (Å²) in [5.74, 6) is 1.96. The van der Waals surface area contributed by atoms with Crippen molar-refractivity contribution in [1.29, 1.82) is 0 Å². The quantitative estimate of drug-likeness (QED) is 0.595. The summed E-state index contributed by atoms with van der Waals surface area (Å²) in [5, 5.41) is 9.05. The van der Waals surface area contributed by atoms with Gasteiger partial charge in [-0.1, -0.05) is 0 Å². The van der Waals surface area contributed by atoms with E-state index in [9.17, 15) is 4.79 Å². The van der Waals surface area contributed by atoms with E-state index in [-0.39, 0.29) is 0 Å². The molecule has 1 amide bonds. The van der Waals surface area contributed by atoms with Crippen molar-refractivity contribution in [1.82, 2.24) is 10.2 Å². The summed E-state index contributed by atoms with van der Waals surface area (Å²) in [7, 11) is 0. The van der Waals surface area contributed by atoms with Crippen LogP contribution in [0, 0.1) is 26.2 Å². The molecule has 0 saturated heterocycles. The first-order valence-corrected chi connectivity index (χ1v) is 3.44. The average molecular weight is 163 g/mol. The van der Waals surface area contributed by atoms with Crippen LogP contribution in [0.2, 0.25) is 0 Å². The van der Waals surface area contributed by atoms with Gasteiger partial charge in [0.2, 0.25) is 0 Å². The zero-order chi connectivity index (χ0) is 9.14. The molecule has 0 aliphatic rings. The van der Waals surface area contributed by atoms with Crippen LogP contribution >= 0.6 is 0 Å². The number of hydrogen-bond donors (Lipinski definition) is 2. The second-order valence-electron chi connectivity index (χ2n) is 2.42. The molecular weight excluding hydrogens is 154 g/mol. The third-order valence-electron chi connectivity index (χ3n) is 1.62. The second kappa shape index (κ2) is 3.09. The number of aryl methyl sites for hydroxylation is 1. The summed E-state index contributed by atoms with van der Waals surface area (Å²) in [6.07, 6.45) is 4.88. The lowest BCUT2D eigenvalue weighted by Gasteiger charge is -1.95. The fourth-order valence-electron chi connectivity index (χ4n) is 0.750. The monoisotopic (exact) mass is 163 g/mol. The third kappa shape index (κ3) is 1.45. The van der Waals surface area contributed by atoms with Gasteiger partial charge in [-0.05, 0) is 19.8 Å². The Morgan fingerprint density at radius 3 is 2.75 bits per heavy atom. The van der Waals surface area contributed by atoms with Crippen molar-refractivity contribution in [3.63, 3.8) is 0 Å². The van der Waals surface area contributed by atoms with Crippen LogP contribution in [0.5, 0.6) is 0 Å². The maximum Gasteiger partial charge on any atom is 0.301 e. The first-order valence-electron chi connectivity index (χ1n) is 3.44. The molecule has 0 aliphatic carbocycles. The predicted molar refractivity (Wildman–Crippen MR) is 45.5 cm³/mol. The highest BCUT2D eigenvalue weighted by Gasteiger charge is 2.06. The fourth-order valence-corrected chi connectivity index (χ4v) is 0.750. The number of nitrogens with one attached hydrogen (secondary N) is 2. The van der Waals surface area contributed by atoms with Crippen LogP contribution < -0.4 is 5.32 Å². The van der Waals surface area contributed by atoms with E-state index in [1.165, 1.54) is 0 Å². The summed E-state index contributed by atoms with van der Waals surface area (Å²) < 4.78 is 0. The predicted octanol–water partition coefficient (Wildman–Crippen LogP) is 0.598. The topological polar surface area (TPSA) is 57.8 Å². The highest BCUT2D eigenvalue weighted by molar-refractivity contribution is 6.03. The van der Waals surface area contributed by atoms with Crippen molar-refractivity contribution in [3.05, 3.63) is 11.3 Å². The van der Waals surface area contributed by atoms with Crippen molar-refractivity contribution >= 4 is 11.7 Å². The lowest BCUT2D eigenvalue weighted by atomic mass is 10.3. The Bertz CT molecular complexity index is 346. The van der Waals surface area contributed by atoms with Gasteiger partial charge in [-0.15, -0.1) is 6.42 Å². The van der Waals surface area contributed by atoms with Crippen LogP contribution in [0.25, 0.3) is 0 Å². The van der Waals surface area contributed by atoms with E-state index >= 15 is 0 Å². The van der Waals surface area contributed by atoms with Gasteiger partial charge in [0, 0.05) is 11.3 Å². The van der Waals surface area contributed by atoms with Crippen molar-refractivity contribution in [2.24, 2.45) is 0 Å². The van der Waals surface area contributed by atoms with E-state index in [1.54, 1.807) is 0 Å². The Morgan fingerprint density at radius 1 is 1.67 bits per heavy atom. The number of carbonyl (C=O) groups is 1. The summed E-state index contributed by atoms with van der Waals surface area (Å²) in [6.45, 7) is 3.72. The van der Waals surface area contributed by atoms with E-state index in [2.05, 4.69) is 15.5 Å². The van der Waals surface area contributed by atoms with E-state index in [1.807, 2.05) is 19.8 Å². The standard InChI is InChI=1S/C8H9N3O/c1-4-7(12)9-8-5(2)6(3)10-11-8/h1H,2-3H3,(H2,9,10,11,12). The number of carbonyl (C=O) groups excluding carboxylic acids is 1. The van der Waals surface area contributed by atoms with Crippen molar-refractivity contribution in [2.75, 3.05) is 5.32 Å². The van der Waals surface area contributed by atoms with Crippen LogP contribution in [0.15, 0.2) is 0 Å². The van der Waals surface area contributed by atoms with Gasteiger partial charge in [0.25, 0.3) is 0 Å². The van der Waals surface area contributed by atoms with Crippen molar-refractivity contribution < 1.29 is 4.79 Å². The number of H-pyrrole nitrogens is 1. The molecule has 0 saturated carbocycles. The lowest BCUT2D eigenvalue weighted by molar-refractivity contribution is -0.111. The molecule has 1 aromatic rings. The van der Waals surface area contributed by atoms with Crippen LogP contribution in [-0.2, 0) is 4.79 Å². The van der Waals surface area contributed by atoms with Gasteiger partial charge >= 0.3 is 5.91 Å². The Hall–Kier alpha value is -1.76. The molecular formula is C8H9N3O. The van der Waals surface area contributed by atoms with Gasteiger partial charge < -0.3 is 0 Å². The zero-order valence-corrected chi connectivity index (χ0v) is 6.93. The molecule has 12 heavy (non-hydrogen) atoms. The molecule has 1 rings (SSSR count). The van der Waals surface area contributed by atoms with Crippen LogP contribution in [-0.4, -0.2) is 16.1 Å².